The molecule has 0 aliphatic heterocycles. The average Bonchev–Trinajstić information content (AvgIpc) is 2.83. The molecule has 0 N–H and O–H groups in total. The van der Waals surface area contributed by atoms with E-state index in [9.17, 15) is 9.59 Å². The molecule has 0 radical (unpaired) electrons. The first-order chi connectivity index (χ1) is 7.61. The van der Waals surface area contributed by atoms with Crippen molar-refractivity contribution in [2.45, 2.75) is 13.8 Å². The number of aryl methyl sites for hydroxylation is 2. The van der Waals surface area contributed by atoms with E-state index >= 15 is 0 Å². The first kappa shape index (κ1) is 10.8. The van der Waals surface area contributed by atoms with Crippen LogP contribution >= 0.6 is 11.3 Å². The van der Waals surface area contributed by atoms with Gasteiger partial charge in [-0.3, -0.25) is 9.59 Å². The van der Waals surface area contributed by atoms with Crippen molar-refractivity contribution in [3.05, 3.63) is 39.2 Å². The topological polar surface area (TPSA) is 60.2 Å². The number of carbonyl (C=O) groups is 2. The number of thiophene rings is 1. The second-order valence-electron chi connectivity index (χ2n) is 3.36. The van der Waals surface area contributed by atoms with E-state index in [-0.39, 0.29) is 11.7 Å². The Morgan fingerprint density at radius 3 is 2.75 bits per heavy atom. The minimum Gasteiger partial charge on any atom is -0.442 e. The van der Waals surface area contributed by atoms with Crippen LogP contribution in [0.2, 0.25) is 0 Å². The zero-order valence-electron chi connectivity index (χ0n) is 8.81. The number of rotatable bonds is 3. The highest BCUT2D eigenvalue weighted by molar-refractivity contribution is 7.14. The zero-order valence-corrected chi connectivity index (χ0v) is 9.63. The quantitative estimate of drug-likeness (QED) is 0.605. The Kier molecular flexibility index (Phi) is 2.70. The number of nitrogens with zero attached hydrogens (tertiary/aromatic N) is 1. The van der Waals surface area contributed by atoms with Crippen LogP contribution in [0.4, 0.5) is 0 Å². The summed E-state index contributed by atoms with van der Waals surface area (Å²) < 4.78 is 5.02. The Morgan fingerprint density at radius 2 is 2.25 bits per heavy atom. The molecule has 0 aliphatic carbocycles. The van der Waals surface area contributed by atoms with E-state index in [1.807, 2.05) is 0 Å². The molecule has 0 bridgehead atoms. The lowest BCUT2D eigenvalue weighted by molar-refractivity contribution is 0.101. The van der Waals surface area contributed by atoms with Crippen molar-refractivity contribution < 1.29 is 14.0 Å². The van der Waals surface area contributed by atoms with Gasteiger partial charge in [0.2, 0.25) is 0 Å². The van der Waals surface area contributed by atoms with Crippen LogP contribution in [0.3, 0.4) is 0 Å². The normalized spacial score (nSPS) is 10.4. The van der Waals surface area contributed by atoms with Crippen molar-refractivity contribution in [3.8, 4) is 0 Å². The summed E-state index contributed by atoms with van der Waals surface area (Å²) in [6.45, 7) is 3.54. The van der Waals surface area contributed by atoms with Gasteiger partial charge in [0.1, 0.15) is 6.26 Å². The Labute approximate surface area is 95.9 Å². The number of ketones is 1. The van der Waals surface area contributed by atoms with Crippen LogP contribution in [0.1, 0.15) is 36.5 Å². The van der Waals surface area contributed by atoms with Gasteiger partial charge in [-0.15, -0.1) is 11.3 Å². The van der Waals surface area contributed by atoms with Gasteiger partial charge in [-0.2, -0.15) is 0 Å². The standard InChI is InChI=1S/C11H9NO3S/c1-6-5-15-11(12-6)10(14)9-3-8(4-13)7(2)16-9/h3-5H,1-2H3. The molecule has 82 valence electrons. The Bertz CT molecular complexity index is 553. The molecular weight excluding hydrogens is 226 g/mol. The summed E-state index contributed by atoms with van der Waals surface area (Å²) in [7, 11) is 0. The van der Waals surface area contributed by atoms with Gasteiger partial charge in [0.05, 0.1) is 10.6 Å². The Hall–Kier alpha value is -1.75. The zero-order chi connectivity index (χ0) is 11.7. The van der Waals surface area contributed by atoms with Crippen LogP contribution in [-0.4, -0.2) is 17.1 Å². The van der Waals surface area contributed by atoms with E-state index in [1.165, 1.54) is 17.6 Å². The lowest BCUT2D eigenvalue weighted by Crippen LogP contribution is -1.98. The molecule has 0 aromatic carbocycles. The number of hydrogen-bond acceptors (Lipinski definition) is 5. The molecular formula is C11H9NO3S. The Balaban J connectivity index is 2.37. The van der Waals surface area contributed by atoms with E-state index in [1.54, 1.807) is 19.9 Å². The molecule has 2 aromatic heterocycles. The maximum absolute atomic E-state index is 11.9. The molecule has 0 amide bonds. The number of aldehydes is 1. The van der Waals surface area contributed by atoms with Crippen molar-refractivity contribution in [2.24, 2.45) is 0 Å². The Morgan fingerprint density at radius 1 is 1.50 bits per heavy atom. The number of oxazole rings is 1. The summed E-state index contributed by atoms with van der Waals surface area (Å²) >= 11 is 1.27. The molecule has 0 spiro atoms. The molecule has 0 saturated carbocycles. The van der Waals surface area contributed by atoms with Gasteiger partial charge in [0, 0.05) is 10.4 Å². The van der Waals surface area contributed by atoms with Crippen LogP contribution in [0.25, 0.3) is 0 Å². The highest BCUT2D eigenvalue weighted by Gasteiger charge is 2.18. The monoisotopic (exact) mass is 235 g/mol. The SMILES string of the molecule is Cc1coc(C(=O)c2cc(C=O)c(C)s2)n1. The van der Waals surface area contributed by atoms with Crippen molar-refractivity contribution in [3.63, 3.8) is 0 Å². The van der Waals surface area contributed by atoms with Gasteiger partial charge in [-0.05, 0) is 19.9 Å². The summed E-state index contributed by atoms with van der Waals surface area (Å²) in [5, 5.41) is 0. The molecule has 0 saturated heterocycles. The molecule has 5 heteroatoms. The van der Waals surface area contributed by atoms with Crippen LogP contribution in [0.5, 0.6) is 0 Å². The summed E-state index contributed by atoms with van der Waals surface area (Å²) in [4.78, 5) is 27.8. The van der Waals surface area contributed by atoms with E-state index in [2.05, 4.69) is 4.98 Å². The fourth-order valence-corrected chi connectivity index (χ4v) is 2.21. The van der Waals surface area contributed by atoms with E-state index in [0.29, 0.717) is 16.1 Å². The second kappa shape index (κ2) is 4.02. The predicted octanol–water partition coefficient (Wildman–Crippen LogP) is 2.40. The molecule has 16 heavy (non-hydrogen) atoms. The summed E-state index contributed by atoms with van der Waals surface area (Å²) in [5.41, 5.74) is 1.20. The van der Waals surface area contributed by atoms with Crippen molar-refractivity contribution in [2.75, 3.05) is 0 Å². The summed E-state index contributed by atoms with van der Waals surface area (Å²) in [6.07, 6.45) is 2.16. The molecule has 2 rings (SSSR count). The number of hydrogen-bond donors (Lipinski definition) is 0. The minimum atomic E-state index is -0.283. The van der Waals surface area contributed by atoms with Crippen LogP contribution in [-0.2, 0) is 0 Å². The second-order valence-corrected chi connectivity index (χ2v) is 4.62. The van der Waals surface area contributed by atoms with Gasteiger partial charge in [0.25, 0.3) is 11.7 Å². The van der Waals surface area contributed by atoms with E-state index in [4.69, 9.17) is 4.42 Å². The lowest BCUT2D eigenvalue weighted by atomic mass is 10.2. The first-order valence-corrected chi connectivity index (χ1v) is 5.46. The maximum Gasteiger partial charge on any atom is 0.269 e. The van der Waals surface area contributed by atoms with Gasteiger partial charge >= 0.3 is 0 Å². The van der Waals surface area contributed by atoms with Crippen molar-refractivity contribution in [1.82, 2.24) is 4.98 Å². The summed E-state index contributed by atoms with van der Waals surface area (Å²) in [6, 6.07) is 1.56. The van der Waals surface area contributed by atoms with Crippen molar-refractivity contribution >= 4 is 23.4 Å². The molecule has 4 nitrogen and oxygen atoms in total. The highest BCUT2D eigenvalue weighted by atomic mass is 32.1. The largest absolute Gasteiger partial charge is 0.442 e. The fraction of sp³-hybridized carbons (Fsp3) is 0.182. The fourth-order valence-electron chi connectivity index (χ4n) is 1.29. The summed E-state index contributed by atoms with van der Waals surface area (Å²) in [5.74, 6) is -0.217. The van der Waals surface area contributed by atoms with Crippen LogP contribution in [0.15, 0.2) is 16.7 Å². The molecule has 0 unspecified atom stereocenters. The minimum absolute atomic E-state index is 0.0659. The van der Waals surface area contributed by atoms with Gasteiger partial charge in [0.15, 0.2) is 6.29 Å². The maximum atomic E-state index is 11.9. The molecule has 2 aromatic rings. The molecule has 0 fully saturated rings. The highest BCUT2D eigenvalue weighted by Crippen LogP contribution is 2.22. The average molecular weight is 235 g/mol. The third-order valence-electron chi connectivity index (χ3n) is 2.12. The lowest BCUT2D eigenvalue weighted by Gasteiger charge is -1.88. The molecule has 0 aliphatic rings. The third kappa shape index (κ3) is 1.81. The third-order valence-corrected chi connectivity index (χ3v) is 3.19. The van der Waals surface area contributed by atoms with Gasteiger partial charge in [-0.25, -0.2) is 4.98 Å². The van der Waals surface area contributed by atoms with E-state index < -0.39 is 0 Å². The predicted molar refractivity (Wildman–Crippen MR) is 59.1 cm³/mol. The van der Waals surface area contributed by atoms with Gasteiger partial charge < -0.3 is 4.42 Å². The van der Waals surface area contributed by atoms with Gasteiger partial charge in [-0.1, -0.05) is 0 Å². The number of aromatic nitrogens is 1. The van der Waals surface area contributed by atoms with Crippen LogP contribution < -0.4 is 0 Å². The molecule has 0 atom stereocenters. The smallest absolute Gasteiger partial charge is 0.269 e. The molecule has 2 heterocycles. The number of carbonyl (C=O) groups excluding carboxylic acids is 2. The van der Waals surface area contributed by atoms with E-state index in [0.717, 1.165) is 11.2 Å². The van der Waals surface area contributed by atoms with Crippen molar-refractivity contribution in [1.29, 1.82) is 0 Å². The first-order valence-electron chi connectivity index (χ1n) is 4.64. The van der Waals surface area contributed by atoms with Crippen LogP contribution in [0, 0.1) is 13.8 Å².